The van der Waals surface area contributed by atoms with E-state index in [9.17, 15) is 8.42 Å². The van der Waals surface area contributed by atoms with Crippen molar-refractivity contribution in [3.63, 3.8) is 0 Å². The van der Waals surface area contributed by atoms with E-state index in [1.807, 2.05) is 12.4 Å². The number of rotatable bonds is 5. The van der Waals surface area contributed by atoms with Gasteiger partial charge in [-0.25, -0.2) is 13.1 Å². The SMILES string of the molecule is CNCc1csc(S(=O)(=O)NC2CCCCCC2C)c1. The highest BCUT2D eigenvalue weighted by molar-refractivity contribution is 7.91. The Bertz CT molecular complexity index is 525. The van der Waals surface area contributed by atoms with Gasteiger partial charge in [-0.1, -0.05) is 26.2 Å². The van der Waals surface area contributed by atoms with Crippen molar-refractivity contribution in [2.45, 2.75) is 55.8 Å². The van der Waals surface area contributed by atoms with Crippen LogP contribution in [0, 0.1) is 5.92 Å². The monoisotopic (exact) mass is 316 g/mol. The van der Waals surface area contributed by atoms with E-state index in [4.69, 9.17) is 0 Å². The zero-order valence-corrected chi connectivity index (χ0v) is 13.8. The van der Waals surface area contributed by atoms with Crippen molar-refractivity contribution < 1.29 is 8.42 Å². The van der Waals surface area contributed by atoms with Gasteiger partial charge in [0.1, 0.15) is 4.21 Å². The topological polar surface area (TPSA) is 58.2 Å². The van der Waals surface area contributed by atoms with E-state index in [-0.39, 0.29) is 6.04 Å². The standard InChI is InChI=1S/C14H24N2O2S2/c1-11-6-4-3-5-7-13(11)16-20(17,18)14-8-12(9-15-2)10-19-14/h8,10-11,13,15-16H,3-7,9H2,1-2H3. The lowest BCUT2D eigenvalue weighted by molar-refractivity contribution is 0.400. The van der Waals surface area contributed by atoms with Crippen molar-refractivity contribution >= 4 is 21.4 Å². The minimum Gasteiger partial charge on any atom is -0.316 e. The predicted octanol–water partition coefficient (Wildman–Crippen LogP) is 2.71. The quantitative estimate of drug-likeness (QED) is 0.821. The van der Waals surface area contributed by atoms with E-state index in [2.05, 4.69) is 17.0 Å². The van der Waals surface area contributed by atoms with Crippen LogP contribution in [0.5, 0.6) is 0 Å². The maximum Gasteiger partial charge on any atom is 0.250 e. The van der Waals surface area contributed by atoms with Crippen LogP contribution < -0.4 is 10.0 Å². The van der Waals surface area contributed by atoms with E-state index < -0.39 is 10.0 Å². The zero-order valence-electron chi connectivity index (χ0n) is 12.2. The second-order valence-electron chi connectivity index (χ2n) is 5.65. The first-order valence-corrected chi connectivity index (χ1v) is 9.63. The van der Waals surface area contributed by atoms with E-state index >= 15 is 0 Å². The summed E-state index contributed by atoms with van der Waals surface area (Å²) in [7, 11) is -1.51. The van der Waals surface area contributed by atoms with Crippen LogP contribution in [0.25, 0.3) is 0 Å². The third kappa shape index (κ3) is 4.04. The highest BCUT2D eigenvalue weighted by Gasteiger charge is 2.26. The van der Waals surface area contributed by atoms with Crippen molar-refractivity contribution in [2.75, 3.05) is 7.05 Å². The van der Waals surface area contributed by atoms with Gasteiger partial charge >= 0.3 is 0 Å². The Morgan fingerprint density at radius 1 is 1.30 bits per heavy atom. The Kier molecular flexibility index (Phi) is 5.60. The molecule has 1 aromatic heterocycles. The van der Waals surface area contributed by atoms with Crippen LogP contribution >= 0.6 is 11.3 Å². The Morgan fingerprint density at radius 2 is 2.05 bits per heavy atom. The molecule has 4 nitrogen and oxygen atoms in total. The molecule has 0 aromatic carbocycles. The maximum absolute atomic E-state index is 12.5. The molecule has 2 N–H and O–H groups in total. The van der Waals surface area contributed by atoms with Gasteiger partial charge in [0.25, 0.3) is 0 Å². The van der Waals surface area contributed by atoms with Gasteiger partial charge in [-0.15, -0.1) is 11.3 Å². The fraction of sp³-hybridized carbons (Fsp3) is 0.714. The number of hydrogen-bond donors (Lipinski definition) is 2. The van der Waals surface area contributed by atoms with Crippen LogP contribution in [0.1, 0.15) is 44.6 Å². The summed E-state index contributed by atoms with van der Waals surface area (Å²) < 4.78 is 28.3. The van der Waals surface area contributed by atoms with Gasteiger partial charge in [0.15, 0.2) is 0 Å². The lowest BCUT2D eigenvalue weighted by Crippen LogP contribution is -2.38. The molecule has 0 bridgehead atoms. The molecule has 0 saturated heterocycles. The average Bonchev–Trinajstić information content (AvgIpc) is 2.78. The van der Waals surface area contributed by atoms with Gasteiger partial charge in [0.2, 0.25) is 10.0 Å². The predicted molar refractivity (Wildman–Crippen MR) is 83.4 cm³/mol. The molecule has 1 aromatic rings. The van der Waals surface area contributed by atoms with Crippen LogP contribution in [0.15, 0.2) is 15.7 Å². The molecule has 0 spiro atoms. The maximum atomic E-state index is 12.5. The molecule has 2 rings (SSSR count). The first kappa shape index (κ1) is 15.9. The molecule has 1 aliphatic rings. The summed E-state index contributed by atoms with van der Waals surface area (Å²) in [6.07, 6.45) is 5.61. The number of thiophene rings is 1. The molecule has 1 fully saturated rings. The summed E-state index contributed by atoms with van der Waals surface area (Å²) in [6, 6.07) is 1.85. The van der Waals surface area contributed by atoms with Crippen molar-refractivity contribution in [1.82, 2.24) is 10.0 Å². The molecule has 6 heteroatoms. The van der Waals surface area contributed by atoms with Crippen LogP contribution in [0.4, 0.5) is 0 Å². The molecule has 1 saturated carbocycles. The number of nitrogens with one attached hydrogen (secondary N) is 2. The smallest absolute Gasteiger partial charge is 0.250 e. The molecule has 2 unspecified atom stereocenters. The molecule has 1 aliphatic carbocycles. The Labute approximate surface area is 126 Å². The molecule has 0 amide bonds. The van der Waals surface area contributed by atoms with Gasteiger partial charge in [-0.3, -0.25) is 0 Å². The van der Waals surface area contributed by atoms with E-state index in [0.29, 0.717) is 16.7 Å². The Hall–Kier alpha value is -0.430. The van der Waals surface area contributed by atoms with Crippen molar-refractivity contribution in [3.8, 4) is 0 Å². The summed E-state index contributed by atoms with van der Waals surface area (Å²) >= 11 is 1.30. The van der Waals surface area contributed by atoms with Crippen LogP contribution in [-0.2, 0) is 16.6 Å². The lowest BCUT2D eigenvalue weighted by Gasteiger charge is -2.22. The van der Waals surface area contributed by atoms with Crippen molar-refractivity contribution in [3.05, 3.63) is 17.0 Å². The normalized spacial score (nSPS) is 24.5. The Balaban J connectivity index is 2.08. The first-order valence-electron chi connectivity index (χ1n) is 7.27. The average molecular weight is 316 g/mol. The van der Waals surface area contributed by atoms with E-state index in [1.54, 1.807) is 6.07 Å². The minimum atomic E-state index is -3.37. The summed E-state index contributed by atoms with van der Waals surface area (Å²) in [4.78, 5) is 0. The van der Waals surface area contributed by atoms with Crippen molar-refractivity contribution in [2.24, 2.45) is 5.92 Å². The molecular formula is C14H24N2O2S2. The van der Waals surface area contributed by atoms with E-state index in [0.717, 1.165) is 24.8 Å². The lowest BCUT2D eigenvalue weighted by atomic mass is 9.98. The summed E-state index contributed by atoms with van der Waals surface area (Å²) in [6.45, 7) is 2.85. The fourth-order valence-corrected chi connectivity index (χ4v) is 5.32. The van der Waals surface area contributed by atoms with Gasteiger partial charge in [-0.2, -0.15) is 0 Å². The zero-order chi connectivity index (χ0) is 14.6. The minimum absolute atomic E-state index is 0.0809. The largest absolute Gasteiger partial charge is 0.316 e. The molecular weight excluding hydrogens is 292 g/mol. The molecule has 20 heavy (non-hydrogen) atoms. The summed E-state index contributed by atoms with van der Waals surface area (Å²) in [5.41, 5.74) is 1.02. The highest BCUT2D eigenvalue weighted by atomic mass is 32.2. The van der Waals surface area contributed by atoms with Gasteiger partial charge in [0, 0.05) is 12.6 Å². The van der Waals surface area contributed by atoms with Crippen LogP contribution in [-0.4, -0.2) is 21.5 Å². The molecule has 0 aliphatic heterocycles. The summed E-state index contributed by atoms with van der Waals surface area (Å²) in [5, 5.41) is 4.94. The van der Waals surface area contributed by atoms with Gasteiger partial charge in [-0.05, 0) is 42.8 Å². The fourth-order valence-electron chi connectivity index (χ4n) is 2.72. The molecule has 114 valence electrons. The van der Waals surface area contributed by atoms with Gasteiger partial charge in [0.05, 0.1) is 0 Å². The van der Waals surface area contributed by atoms with Crippen LogP contribution in [0.2, 0.25) is 0 Å². The van der Waals surface area contributed by atoms with Gasteiger partial charge < -0.3 is 5.32 Å². The molecule has 1 heterocycles. The first-order chi connectivity index (χ1) is 9.53. The summed E-state index contributed by atoms with van der Waals surface area (Å²) in [5.74, 6) is 0.420. The molecule has 0 radical (unpaired) electrons. The molecule has 2 atom stereocenters. The second-order valence-corrected chi connectivity index (χ2v) is 8.50. The number of sulfonamides is 1. The Morgan fingerprint density at radius 3 is 2.80 bits per heavy atom. The second kappa shape index (κ2) is 7.02. The third-order valence-electron chi connectivity index (χ3n) is 3.94. The highest BCUT2D eigenvalue weighted by Crippen LogP contribution is 2.26. The van der Waals surface area contributed by atoms with Crippen LogP contribution in [0.3, 0.4) is 0 Å². The third-order valence-corrected chi connectivity index (χ3v) is 6.92. The number of hydrogen-bond acceptors (Lipinski definition) is 4. The van der Waals surface area contributed by atoms with E-state index in [1.165, 1.54) is 24.2 Å². The van der Waals surface area contributed by atoms with Crippen molar-refractivity contribution in [1.29, 1.82) is 0 Å².